The fraction of sp³-hybridized carbons (Fsp3) is 0.779. The van der Waals surface area contributed by atoms with Gasteiger partial charge in [0, 0.05) is 168 Å². The van der Waals surface area contributed by atoms with Crippen LogP contribution in [-0.2, 0) is 44.5 Å². The van der Waals surface area contributed by atoms with E-state index in [9.17, 15) is 24.6 Å². The Kier molecular flexibility index (Phi) is 35.4. The first kappa shape index (κ1) is 73.3. The molecular formula is C68H118N10O10. The molecule has 0 spiro atoms. The van der Waals surface area contributed by atoms with Crippen LogP contribution in [0, 0.1) is 41.4 Å². The summed E-state index contributed by atoms with van der Waals surface area (Å²) in [7, 11) is 0. The molecular weight excluding hydrogens is 1120 g/mol. The van der Waals surface area contributed by atoms with Crippen molar-refractivity contribution in [3.8, 4) is 0 Å². The summed E-state index contributed by atoms with van der Waals surface area (Å²) in [6, 6.07) is 10.4. The number of benzene rings is 1. The van der Waals surface area contributed by atoms with Gasteiger partial charge in [-0.3, -0.25) is 39.7 Å². The molecule has 1 aromatic carbocycles. The number of unbranched alkanes of at least 4 members (excludes halogenated alkanes) is 5. The van der Waals surface area contributed by atoms with Crippen LogP contribution in [0.5, 0.6) is 0 Å². The van der Waals surface area contributed by atoms with E-state index >= 15 is 0 Å². The maximum absolute atomic E-state index is 14.8. The number of aliphatic hydroxyl groups excluding tert-OH is 2. The molecule has 88 heavy (non-hydrogen) atoms. The molecule has 0 aromatic heterocycles. The summed E-state index contributed by atoms with van der Waals surface area (Å²) in [5.41, 5.74) is 7.47. The number of nitrogens with one attached hydrogen (secondary N) is 6. The largest absolute Gasteiger partial charge is 0.378 e. The van der Waals surface area contributed by atoms with Gasteiger partial charge in [0.2, 0.25) is 17.7 Å². The highest BCUT2D eigenvalue weighted by molar-refractivity contribution is 5.85. The zero-order valence-electron chi connectivity index (χ0n) is 54.6. The van der Waals surface area contributed by atoms with Crippen molar-refractivity contribution in [1.82, 2.24) is 46.6 Å². The number of aryl methyl sites for hydroxylation is 1. The molecule has 8 bridgehead atoms. The summed E-state index contributed by atoms with van der Waals surface area (Å²) < 4.78 is 33.6. The van der Waals surface area contributed by atoms with Gasteiger partial charge >= 0.3 is 0 Å². The van der Waals surface area contributed by atoms with Crippen LogP contribution in [0.25, 0.3) is 0 Å². The maximum atomic E-state index is 14.8. The predicted octanol–water partition coefficient (Wildman–Crippen LogP) is 4.21. The minimum Gasteiger partial charge on any atom is -0.378 e. The third-order valence-corrected chi connectivity index (χ3v) is 18.3. The Morgan fingerprint density at radius 1 is 0.489 bits per heavy atom. The van der Waals surface area contributed by atoms with E-state index in [0.717, 1.165) is 70.6 Å². The van der Waals surface area contributed by atoms with Crippen molar-refractivity contribution >= 4 is 17.7 Å². The first-order chi connectivity index (χ1) is 43.0. The lowest BCUT2D eigenvalue weighted by Gasteiger charge is -2.41. The summed E-state index contributed by atoms with van der Waals surface area (Å²) in [6.45, 7) is 22.1. The van der Waals surface area contributed by atoms with Gasteiger partial charge in [-0.1, -0.05) is 134 Å². The third kappa shape index (κ3) is 24.1. The van der Waals surface area contributed by atoms with Gasteiger partial charge in [-0.2, -0.15) is 0 Å². The lowest BCUT2D eigenvalue weighted by molar-refractivity contribution is -0.151. The summed E-state index contributed by atoms with van der Waals surface area (Å²) in [5.74, 6) is -3.39. The van der Waals surface area contributed by atoms with E-state index in [1.807, 2.05) is 42.5 Å². The Hall–Kier alpha value is -3.71. The van der Waals surface area contributed by atoms with Crippen molar-refractivity contribution in [2.75, 3.05) is 144 Å². The second-order valence-electron chi connectivity index (χ2n) is 24.9. The summed E-state index contributed by atoms with van der Waals surface area (Å²) in [6.07, 6.45) is 17.9. The van der Waals surface area contributed by atoms with Crippen LogP contribution in [0.2, 0.25) is 0 Å². The second kappa shape index (κ2) is 42.4. The molecule has 16 atom stereocenters. The molecule has 14 rings (SSSR count). The zero-order valence-corrected chi connectivity index (χ0v) is 54.6. The number of rotatable bonds is 25. The Labute approximate surface area is 529 Å². The van der Waals surface area contributed by atoms with Crippen molar-refractivity contribution in [1.29, 1.82) is 0 Å². The van der Waals surface area contributed by atoms with E-state index < -0.39 is 60.5 Å². The lowest BCUT2D eigenvalue weighted by atomic mass is 9.72. The van der Waals surface area contributed by atoms with Crippen LogP contribution < -0.4 is 37.6 Å². The number of aliphatic hydroxyl groups is 2. The first-order valence-electron chi connectivity index (χ1n) is 34.5. The van der Waals surface area contributed by atoms with Crippen molar-refractivity contribution in [3.05, 3.63) is 72.4 Å². The van der Waals surface area contributed by atoms with Crippen molar-refractivity contribution in [2.24, 2.45) is 47.2 Å². The predicted molar refractivity (Wildman–Crippen MR) is 348 cm³/mol. The fourth-order valence-electron chi connectivity index (χ4n) is 12.9. The minimum atomic E-state index is -0.997. The molecule has 3 amide bonds. The molecule has 1 fully saturated rings. The number of hydrogen-bond acceptors (Lipinski definition) is 17. The van der Waals surface area contributed by atoms with E-state index in [2.05, 4.69) is 106 Å². The van der Waals surface area contributed by atoms with Crippen LogP contribution >= 0.6 is 0 Å². The van der Waals surface area contributed by atoms with Crippen molar-refractivity contribution in [2.45, 2.75) is 155 Å². The van der Waals surface area contributed by atoms with Gasteiger partial charge in [-0.25, -0.2) is 0 Å². The van der Waals surface area contributed by atoms with Gasteiger partial charge in [0.1, 0.15) is 12.5 Å². The molecule has 10 aliphatic heterocycles. The van der Waals surface area contributed by atoms with Crippen LogP contribution in [0.15, 0.2) is 66.8 Å². The average Bonchev–Trinajstić information content (AvgIpc) is 2.95. The highest BCUT2D eigenvalue weighted by Crippen LogP contribution is 2.37. The molecule has 8 unspecified atom stereocenters. The van der Waals surface area contributed by atoms with Crippen molar-refractivity contribution < 1.29 is 48.3 Å². The third-order valence-electron chi connectivity index (χ3n) is 18.3. The van der Waals surface area contributed by atoms with Crippen LogP contribution in [-0.4, -0.2) is 230 Å². The molecule has 10 heterocycles. The molecule has 0 saturated carbocycles. The first-order valence-corrected chi connectivity index (χ1v) is 34.5. The topological polar surface area (TPSA) is 246 Å². The van der Waals surface area contributed by atoms with Gasteiger partial charge in [0.15, 0.2) is 0 Å². The highest BCUT2D eigenvalue weighted by atomic mass is 16.5. The Balaban J connectivity index is 1.39. The average molecular weight is 1240 g/mol. The second-order valence-corrected chi connectivity index (χ2v) is 24.9. The van der Waals surface area contributed by atoms with E-state index in [0.29, 0.717) is 151 Å². The summed E-state index contributed by atoms with van der Waals surface area (Å²) in [5, 5.41) is 45.1. The van der Waals surface area contributed by atoms with Gasteiger partial charge in [-0.15, -0.1) is 0 Å². The quantitative estimate of drug-likeness (QED) is 0.0492. The zero-order chi connectivity index (χ0) is 62.7. The molecule has 0 radical (unpaired) electrons. The van der Waals surface area contributed by atoms with Crippen LogP contribution in [0.4, 0.5) is 0 Å². The van der Waals surface area contributed by atoms with Crippen LogP contribution in [0.3, 0.4) is 0 Å². The number of amides is 3. The summed E-state index contributed by atoms with van der Waals surface area (Å²) in [4.78, 5) is 50.7. The number of carbonyl (C=O) groups is 3. The van der Waals surface area contributed by atoms with E-state index in [1.54, 1.807) is 0 Å². The number of ether oxygens (including phenoxy) is 5. The van der Waals surface area contributed by atoms with E-state index in [1.165, 1.54) is 5.56 Å². The highest BCUT2D eigenvalue weighted by Gasteiger charge is 2.46. The van der Waals surface area contributed by atoms with Gasteiger partial charge in [-0.05, 0) is 50.5 Å². The SMILES string of the molecule is CCCCOC1C(OCCCC)[C@H]2C=C[C@@H]1C(=O)NCCN1CCN[C@H](O)C3C=CC(CNCCN(CCNC(=O)C4C=C[C@H](C(OCCCC)[C@H]4CCc4ccccc4)[C@@H](O)NCC1)CCN(CCN)CCNC2=O)[C@H](OCCCC)[C@@H]3OCCCC. The fourth-order valence-corrected chi connectivity index (χ4v) is 12.9. The molecule has 3 aliphatic carbocycles. The molecule has 10 N–H and O–H groups in total. The Morgan fingerprint density at radius 3 is 1.48 bits per heavy atom. The van der Waals surface area contributed by atoms with Gasteiger partial charge in [0.25, 0.3) is 0 Å². The van der Waals surface area contributed by atoms with Gasteiger partial charge in [0.05, 0.1) is 48.3 Å². The number of carbonyl (C=O) groups excluding carboxylic acids is 3. The minimum absolute atomic E-state index is 0.0207. The monoisotopic (exact) mass is 1230 g/mol. The number of nitrogens with two attached hydrogens (primary N) is 1. The molecule has 20 heteroatoms. The van der Waals surface area contributed by atoms with Crippen molar-refractivity contribution in [3.63, 3.8) is 0 Å². The van der Waals surface area contributed by atoms with Crippen LogP contribution in [0.1, 0.15) is 111 Å². The molecule has 20 nitrogen and oxygen atoms in total. The standard InChI is InChI=1S/C68H118N10O10/c1-6-11-45-84-59-52-22-24-56(61(59)86-47-13-8-3)66(81)74-33-40-77-39-32-72-65(80)55-26-25-54(53(60(55)85-46-12-7-2)23-21-51-19-17-16-18-20-51)64(79)71-35-42-78(37-30-70-50-52)44-43-76(36-29-69)38-31-73-67(82)57-27-28-58(68(83)75-34-41-77)63(88-49-15-10-5)62(57)87-48-14-9-4/h16-20,22,24-28,52-63,65-66,70,72,74,80-81H,6-15,21,23,29-50,69H2,1-5H3,(H,71,79)(H,73,82)(H,75,83)/t52?,53-,54?,55+,56?,57+,58-,59-,60?,61+,62?,63?,65+,66+/m0/s1. The Morgan fingerprint density at radius 2 is 0.932 bits per heavy atom. The lowest BCUT2D eigenvalue weighted by Crippen LogP contribution is -2.55. The maximum Gasteiger partial charge on any atom is 0.229 e. The number of nitrogens with zero attached hydrogens (tertiary/aromatic N) is 3. The molecule has 500 valence electrons. The molecule has 13 aliphatic rings. The number of hydrogen-bond donors (Lipinski definition) is 9. The smallest absolute Gasteiger partial charge is 0.229 e. The summed E-state index contributed by atoms with van der Waals surface area (Å²) >= 11 is 0. The van der Waals surface area contributed by atoms with E-state index in [4.69, 9.17) is 29.4 Å². The molecule has 1 saturated heterocycles. The Bertz CT molecular complexity index is 2170. The van der Waals surface area contributed by atoms with E-state index in [-0.39, 0.29) is 41.6 Å². The normalized spacial score (nSPS) is 32.3. The van der Waals surface area contributed by atoms with Gasteiger partial charge < -0.3 is 60.9 Å². The molecule has 1 aromatic rings.